The zero-order valence-corrected chi connectivity index (χ0v) is 16.8. The van der Waals surface area contributed by atoms with Gasteiger partial charge in [0.2, 0.25) is 0 Å². The van der Waals surface area contributed by atoms with E-state index in [0.29, 0.717) is 30.8 Å². The fourth-order valence-corrected chi connectivity index (χ4v) is 5.11. The van der Waals surface area contributed by atoms with E-state index in [1.165, 1.54) is 0 Å². The molecular weight excluding hydrogens is 443 g/mol. The molecule has 0 bridgehead atoms. The topological polar surface area (TPSA) is 63.6 Å². The van der Waals surface area contributed by atoms with E-state index >= 15 is 0 Å². The predicted octanol–water partition coefficient (Wildman–Crippen LogP) is 1.29. The first-order chi connectivity index (χ1) is 12.4. The molecule has 1 aliphatic carbocycles. The zero-order chi connectivity index (χ0) is 18.8. The molecule has 0 aromatic heterocycles. The second-order valence-electron chi connectivity index (χ2n) is 6.25. The van der Waals surface area contributed by atoms with Gasteiger partial charge in [0.05, 0.1) is 0 Å². The normalized spacial score (nSPS) is 15.7. The van der Waals surface area contributed by atoms with Gasteiger partial charge in [-0.2, -0.15) is 0 Å². The van der Waals surface area contributed by atoms with Crippen molar-refractivity contribution in [3.8, 4) is 5.75 Å². The van der Waals surface area contributed by atoms with Crippen LogP contribution in [0.3, 0.4) is 0 Å². The number of hydrogen-bond donors (Lipinski definition) is 1. The Bertz CT molecular complexity index is 889. The molecule has 0 amide bonds. The second kappa shape index (κ2) is 7.61. The van der Waals surface area contributed by atoms with Crippen molar-refractivity contribution in [1.82, 2.24) is 0 Å². The molecule has 26 heavy (non-hydrogen) atoms. The van der Waals surface area contributed by atoms with E-state index in [-0.39, 0.29) is 15.3 Å². The van der Waals surface area contributed by atoms with Crippen LogP contribution in [0.2, 0.25) is 0 Å². The van der Waals surface area contributed by atoms with Gasteiger partial charge in [0.1, 0.15) is 0 Å². The summed E-state index contributed by atoms with van der Waals surface area (Å²) in [7, 11) is 0. The number of ether oxygens (including phenoxy) is 1. The van der Waals surface area contributed by atoms with Crippen LogP contribution in [0.5, 0.6) is 5.75 Å². The maximum atomic E-state index is 12.1. The first-order valence-corrected chi connectivity index (χ1v) is 10.5. The summed E-state index contributed by atoms with van der Waals surface area (Å²) in [6, 6.07) is 5.73. The van der Waals surface area contributed by atoms with Gasteiger partial charge in [-0.25, -0.2) is 0 Å². The molecule has 0 fully saturated rings. The van der Waals surface area contributed by atoms with Crippen molar-refractivity contribution in [3.63, 3.8) is 0 Å². The van der Waals surface area contributed by atoms with Gasteiger partial charge in [-0.1, -0.05) is 0 Å². The van der Waals surface area contributed by atoms with Crippen molar-refractivity contribution in [2.75, 3.05) is 0 Å². The molecule has 0 radical (unpaired) electrons. The molecule has 1 aromatic rings. The van der Waals surface area contributed by atoms with E-state index in [0.717, 1.165) is 32.3 Å². The molecule has 1 aromatic carbocycles. The Morgan fingerprint density at radius 3 is 2.77 bits per heavy atom. The standard InChI is InChI=1S/C21H20IO4/c1-12(23)7-10-20(25)22-15-8-9-18-17(11-15)13(2)21-16(14(3)24)5-4-6-19(21)26-18/h6,8-9,11,23H,1-2,4-5,7,10H2,3H3/q-1. The van der Waals surface area contributed by atoms with E-state index in [9.17, 15) is 9.59 Å². The number of hydrogen-bond acceptors (Lipinski definition) is 4. The number of fused-ring (bicyclic) bond motifs is 2. The Balaban J connectivity index is 1.90. The van der Waals surface area contributed by atoms with Crippen molar-refractivity contribution in [2.45, 2.75) is 32.6 Å². The van der Waals surface area contributed by atoms with Gasteiger partial charge in [-0.3, -0.25) is 0 Å². The van der Waals surface area contributed by atoms with E-state index < -0.39 is 21.2 Å². The van der Waals surface area contributed by atoms with Crippen LogP contribution in [0.25, 0.3) is 5.57 Å². The van der Waals surface area contributed by atoms with Crippen LogP contribution in [0, 0.1) is 3.57 Å². The predicted molar refractivity (Wildman–Crippen MR) is 95.8 cm³/mol. The number of Topliss-reactive ketones (excluding diaryl/α,β-unsaturated/α-hetero) is 1. The molecule has 0 saturated carbocycles. The third-order valence-corrected chi connectivity index (χ3v) is 6.75. The molecule has 0 saturated heterocycles. The van der Waals surface area contributed by atoms with Crippen molar-refractivity contribution in [3.05, 3.63) is 69.2 Å². The molecule has 1 aliphatic heterocycles. The van der Waals surface area contributed by atoms with Crippen LogP contribution in [0.4, 0.5) is 0 Å². The molecule has 0 spiro atoms. The third kappa shape index (κ3) is 3.82. The van der Waals surface area contributed by atoms with E-state index in [1.54, 1.807) is 6.92 Å². The van der Waals surface area contributed by atoms with Crippen molar-refractivity contribution >= 4 is 15.1 Å². The first-order valence-electron chi connectivity index (χ1n) is 8.37. The average Bonchev–Trinajstić information content (AvgIpc) is 2.60. The summed E-state index contributed by atoms with van der Waals surface area (Å²) in [5.41, 5.74) is 3.18. The summed E-state index contributed by atoms with van der Waals surface area (Å²) >= 11 is -0.834. The molecule has 1 heterocycles. The second-order valence-corrected chi connectivity index (χ2v) is 9.24. The molecule has 0 unspecified atom stereocenters. The fourth-order valence-electron chi connectivity index (χ4n) is 3.05. The fraction of sp³-hybridized carbons (Fsp3) is 0.238. The summed E-state index contributed by atoms with van der Waals surface area (Å²) in [5, 5.41) is 9.14. The zero-order valence-electron chi connectivity index (χ0n) is 14.6. The number of aliphatic hydroxyl groups excluding tert-OH is 1. The monoisotopic (exact) mass is 463 g/mol. The Hall–Kier alpha value is -2.15. The Labute approximate surface area is 163 Å². The minimum atomic E-state index is -0.834. The van der Waals surface area contributed by atoms with E-state index in [4.69, 9.17) is 9.84 Å². The van der Waals surface area contributed by atoms with Crippen LogP contribution >= 0.6 is 0 Å². The number of benzene rings is 1. The number of ketones is 1. The molecule has 5 heteroatoms. The van der Waals surface area contributed by atoms with Gasteiger partial charge in [0, 0.05) is 0 Å². The summed E-state index contributed by atoms with van der Waals surface area (Å²) in [6.07, 6.45) is 4.10. The van der Waals surface area contributed by atoms with Crippen molar-refractivity contribution in [2.24, 2.45) is 0 Å². The van der Waals surface area contributed by atoms with Gasteiger partial charge in [0.25, 0.3) is 0 Å². The Kier molecular flexibility index (Phi) is 5.46. The average molecular weight is 463 g/mol. The first kappa shape index (κ1) is 18.6. The summed E-state index contributed by atoms with van der Waals surface area (Å²) in [6.45, 7) is 9.19. The molecular formula is C21H20IO4-. The van der Waals surface area contributed by atoms with Crippen LogP contribution in [0.15, 0.2) is 60.1 Å². The number of carbonyl (C=O) groups excluding carboxylic acids is 2. The van der Waals surface area contributed by atoms with Crippen LogP contribution in [-0.4, -0.2) is 14.7 Å². The van der Waals surface area contributed by atoms with Gasteiger partial charge < -0.3 is 0 Å². The van der Waals surface area contributed by atoms with Crippen molar-refractivity contribution < 1.29 is 40.6 Å². The molecule has 3 rings (SSSR count). The van der Waals surface area contributed by atoms with Gasteiger partial charge >= 0.3 is 163 Å². The SMILES string of the molecule is C=C(O)CCC(=O)[I-]c1ccc2c(c1)C(=C)C1=C(C(C)=O)CCC=C1O2. The van der Waals surface area contributed by atoms with Crippen LogP contribution < -0.4 is 25.9 Å². The number of rotatable bonds is 6. The molecule has 1 N–H and O–H groups in total. The molecule has 136 valence electrons. The maximum absolute atomic E-state index is 12.1. The number of halogens is 1. The van der Waals surface area contributed by atoms with Crippen molar-refractivity contribution in [1.29, 1.82) is 0 Å². The number of allylic oxidation sites excluding steroid dienone is 4. The summed E-state index contributed by atoms with van der Waals surface area (Å²) < 4.78 is 7.11. The van der Waals surface area contributed by atoms with Crippen LogP contribution in [-0.2, 0) is 9.59 Å². The molecule has 2 aliphatic rings. The molecule has 4 nitrogen and oxygen atoms in total. The molecule has 0 atom stereocenters. The Morgan fingerprint density at radius 1 is 1.31 bits per heavy atom. The summed E-state index contributed by atoms with van der Waals surface area (Å²) in [5.74, 6) is 1.49. The quantitative estimate of drug-likeness (QED) is 0.393. The van der Waals surface area contributed by atoms with E-state index in [2.05, 4.69) is 13.2 Å². The van der Waals surface area contributed by atoms with Gasteiger partial charge in [-0.05, 0) is 0 Å². The Morgan fingerprint density at radius 2 is 2.08 bits per heavy atom. The van der Waals surface area contributed by atoms with Crippen LogP contribution in [0.1, 0.15) is 38.2 Å². The number of aliphatic hydroxyl groups is 1. The van der Waals surface area contributed by atoms with E-state index in [1.807, 2.05) is 24.3 Å². The summed E-state index contributed by atoms with van der Waals surface area (Å²) in [4.78, 5) is 24.1. The van der Waals surface area contributed by atoms with Gasteiger partial charge in [-0.15, -0.1) is 0 Å². The minimum absolute atomic E-state index is 0.0369. The number of carbonyl (C=O) groups is 2. The van der Waals surface area contributed by atoms with Gasteiger partial charge in [0.15, 0.2) is 0 Å². The third-order valence-electron chi connectivity index (χ3n) is 4.31.